The number of nitrogens with zero attached hydrogens (tertiary/aromatic N) is 3. The van der Waals surface area contributed by atoms with Gasteiger partial charge in [-0.15, -0.1) is 10.2 Å². The Bertz CT molecular complexity index is 355. The molecule has 0 saturated carbocycles. The average Bonchev–Trinajstić information content (AvgIpc) is 2.61. The maximum absolute atomic E-state index is 9.37. The van der Waals surface area contributed by atoms with Crippen LogP contribution in [-0.2, 0) is 7.05 Å². The SMILES string of the molecule is CCNC(C)(CO)CCSc1nnc(C)n1C. The first-order valence-corrected chi connectivity index (χ1v) is 6.85. The van der Waals surface area contributed by atoms with Crippen molar-refractivity contribution >= 4 is 11.8 Å². The van der Waals surface area contributed by atoms with Gasteiger partial charge in [0.15, 0.2) is 5.16 Å². The Morgan fingerprint density at radius 1 is 1.47 bits per heavy atom. The number of likely N-dealkylation sites (N-methyl/N-ethyl adjacent to an activating group) is 1. The maximum atomic E-state index is 9.37. The van der Waals surface area contributed by atoms with Crippen molar-refractivity contribution in [3.05, 3.63) is 5.82 Å². The maximum Gasteiger partial charge on any atom is 0.190 e. The van der Waals surface area contributed by atoms with E-state index >= 15 is 0 Å². The molecular weight excluding hydrogens is 236 g/mol. The van der Waals surface area contributed by atoms with Crippen molar-refractivity contribution in [1.29, 1.82) is 0 Å². The van der Waals surface area contributed by atoms with Crippen LogP contribution in [0.5, 0.6) is 0 Å². The molecule has 0 saturated heterocycles. The molecule has 6 heteroatoms. The third-order valence-corrected chi connectivity index (χ3v) is 3.91. The van der Waals surface area contributed by atoms with Gasteiger partial charge in [0.2, 0.25) is 0 Å². The number of thioether (sulfide) groups is 1. The van der Waals surface area contributed by atoms with E-state index in [0.29, 0.717) is 0 Å². The van der Waals surface area contributed by atoms with E-state index in [9.17, 15) is 5.11 Å². The second kappa shape index (κ2) is 6.37. The Balaban J connectivity index is 2.44. The van der Waals surface area contributed by atoms with Crippen LogP contribution in [-0.4, -0.2) is 44.3 Å². The summed E-state index contributed by atoms with van der Waals surface area (Å²) in [6.07, 6.45) is 0.897. The fourth-order valence-corrected chi connectivity index (χ4v) is 2.69. The van der Waals surface area contributed by atoms with Crippen molar-refractivity contribution in [1.82, 2.24) is 20.1 Å². The van der Waals surface area contributed by atoms with Crippen LogP contribution in [0.4, 0.5) is 0 Å². The molecule has 1 rings (SSSR count). The minimum absolute atomic E-state index is 0.152. The minimum atomic E-state index is -0.199. The van der Waals surface area contributed by atoms with Gasteiger partial charge in [-0.2, -0.15) is 0 Å². The van der Waals surface area contributed by atoms with E-state index in [4.69, 9.17) is 0 Å². The monoisotopic (exact) mass is 258 g/mol. The predicted molar refractivity (Wildman–Crippen MR) is 70.2 cm³/mol. The van der Waals surface area contributed by atoms with Gasteiger partial charge in [0.1, 0.15) is 5.82 Å². The summed E-state index contributed by atoms with van der Waals surface area (Å²) < 4.78 is 1.98. The summed E-state index contributed by atoms with van der Waals surface area (Å²) in [5, 5.41) is 21.7. The zero-order valence-corrected chi connectivity index (χ0v) is 11.8. The van der Waals surface area contributed by atoms with Crippen LogP contribution in [0.3, 0.4) is 0 Å². The highest BCUT2D eigenvalue weighted by molar-refractivity contribution is 7.99. The van der Waals surface area contributed by atoms with Crippen molar-refractivity contribution in [2.45, 2.75) is 37.9 Å². The molecule has 0 bridgehead atoms. The molecule has 98 valence electrons. The van der Waals surface area contributed by atoms with Crippen LogP contribution >= 0.6 is 11.8 Å². The van der Waals surface area contributed by atoms with Gasteiger partial charge in [0, 0.05) is 18.3 Å². The van der Waals surface area contributed by atoms with Crippen LogP contribution in [0.2, 0.25) is 0 Å². The molecule has 0 fully saturated rings. The molecule has 1 heterocycles. The quantitative estimate of drug-likeness (QED) is 0.714. The molecule has 0 amide bonds. The summed E-state index contributed by atoms with van der Waals surface area (Å²) in [7, 11) is 1.97. The number of aryl methyl sites for hydroxylation is 1. The topological polar surface area (TPSA) is 63.0 Å². The molecule has 0 aliphatic heterocycles. The Hall–Kier alpha value is -0.590. The molecular formula is C11H22N4OS. The molecule has 0 spiro atoms. The molecule has 1 atom stereocenters. The van der Waals surface area contributed by atoms with E-state index in [2.05, 4.69) is 15.5 Å². The number of aromatic nitrogens is 3. The number of hydrogen-bond donors (Lipinski definition) is 2. The first-order valence-electron chi connectivity index (χ1n) is 5.87. The van der Waals surface area contributed by atoms with Crippen LogP contribution in [0, 0.1) is 6.92 Å². The van der Waals surface area contributed by atoms with Crippen molar-refractivity contribution in [2.75, 3.05) is 18.9 Å². The summed E-state index contributed by atoms with van der Waals surface area (Å²) in [6.45, 7) is 7.05. The van der Waals surface area contributed by atoms with Crippen LogP contribution in [0.15, 0.2) is 5.16 Å². The highest BCUT2D eigenvalue weighted by atomic mass is 32.2. The Morgan fingerprint density at radius 3 is 2.65 bits per heavy atom. The number of aliphatic hydroxyl groups is 1. The molecule has 1 aromatic heterocycles. The lowest BCUT2D eigenvalue weighted by Gasteiger charge is -2.28. The normalized spacial score (nSPS) is 14.9. The molecule has 2 N–H and O–H groups in total. The van der Waals surface area contributed by atoms with Crippen LogP contribution < -0.4 is 5.32 Å². The van der Waals surface area contributed by atoms with Gasteiger partial charge in [0.25, 0.3) is 0 Å². The zero-order chi connectivity index (χ0) is 12.9. The molecule has 0 aromatic carbocycles. The van der Waals surface area contributed by atoms with Crippen molar-refractivity contribution in [3.8, 4) is 0 Å². The van der Waals surface area contributed by atoms with Crippen molar-refractivity contribution < 1.29 is 5.11 Å². The third kappa shape index (κ3) is 3.97. The van der Waals surface area contributed by atoms with Gasteiger partial charge < -0.3 is 15.0 Å². The number of hydrogen-bond acceptors (Lipinski definition) is 5. The summed E-state index contributed by atoms with van der Waals surface area (Å²) in [5.41, 5.74) is -0.199. The zero-order valence-electron chi connectivity index (χ0n) is 11.0. The Labute approximate surface area is 107 Å². The van der Waals surface area contributed by atoms with Crippen molar-refractivity contribution in [2.24, 2.45) is 7.05 Å². The van der Waals surface area contributed by atoms with Gasteiger partial charge >= 0.3 is 0 Å². The molecule has 17 heavy (non-hydrogen) atoms. The van der Waals surface area contributed by atoms with E-state index in [1.54, 1.807) is 11.8 Å². The van der Waals surface area contributed by atoms with E-state index in [-0.39, 0.29) is 12.1 Å². The smallest absolute Gasteiger partial charge is 0.190 e. The van der Waals surface area contributed by atoms with Crippen molar-refractivity contribution in [3.63, 3.8) is 0 Å². The van der Waals surface area contributed by atoms with E-state index in [0.717, 1.165) is 29.7 Å². The summed E-state index contributed by atoms with van der Waals surface area (Å²) >= 11 is 1.67. The van der Waals surface area contributed by atoms with Gasteiger partial charge in [0.05, 0.1) is 6.61 Å². The standard InChI is InChI=1S/C11H22N4OS/c1-5-12-11(3,8-16)6-7-17-10-14-13-9(2)15(10)4/h12,16H,5-8H2,1-4H3. The first-order chi connectivity index (χ1) is 8.02. The van der Waals surface area contributed by atoms with Gasteiger partial charge in [-0.3, -0.25) is 0 Å². The Kier molecular flexibility index (Phi) is 5.42. The van der Waals surface area contributed by atoms with E-state index in [1.807, 2.05) is 32.4 Å². The lowest BCUT2D eigenvalue weighted by Crippen LogP contribution is -2.46. The highest BCUT2D eigenvalue weighted by Crippen LogP contribution is 2.20. The number of aliphatic hydroxyl groups excluding tert-OH is 1. The molecule has 1 unspecified atom stereocenters. The van der Waals surface area contributed by atoms with Crippen LogP contribution in [0.25, 0.3) is 0 Å². The van der Waals surface area contributed by atoms with Gasteiger partial charge in [-0.25, -0.2) is 0 Å². The number of nitrogens with one attached hydrogen (secondary N) is 1. The predicted octanol–water partition coefficient (Wildman–Crippen LogP) is 0.966. The number of rotatable bonds is 7. The molecule has 0 radical (unpaired) electrons. The largest absolute Gasteiger partial charge is 0.394 e. The van der Waals surface area contributed by atoms with E-state index in [1.165, 1.54) is 0 Å². The van der Waals surface area contributed by atoms with E-state index < -0.39 is 0 Å². The second-order valence-electron chi connectivity index (χ2n) is 4.44. The van der Waals surface area contributed by atoms with Gasteiger partial charge in [-0.1, -0.05) is 18.7 Å². The molecule has 5 nitrogen and oxygen atoms in total. The molecule has 1 aromatic rings. The van der Waals surface area contributed by atoms with Gasteiger partial charge in [-0.05, 0) is 26.8 Å². The Morgan fingerprint density at radius 2 is 2.18 bits per heavy atom. The third-order valence-electron chi connectivity index (χ3n) is 2.89. The second-order valence-corrected chi connectivity index (χ2v) is 5.50. The van der Waals surface area contributed by atoms with Crippen LogP contribution in [0.1, 0.15) is 26.1 Å². The average molecular weight is 258 g/mol. The summed E-state index contributed by atoms with van der Waals surface area (Å²) in [4.78, 5) is 0. The lowest BCUT2D eigenvalue weighted by atomic mass is 10.0. The summed E-state index contributed by atoms with van der Waals surface area (Å²) in [5.74, 6) is 1.83. The minimum Gasteiger partial charge on any atom is -0.394 e. The molecule has 0 aliphatic rings. The fourth-order valence-electron chi connectivity index (χ4n) is 1.53. The first kappa shape index (κ1) is 14.5. The summed E-state index contributed by atoms with van der Waals surface area (Å²) in [6, 6.07) is 0. The molecule has 0 aliphatic carbocycles. The lowest BCUT2D eigenvalue weighted by molar-refractivity contribution is 0.173. The highest BCUT2D eigenvalue weighted by Gasteiger charge is 2.21. The fraction of sp³-hybridized carbons (Fsp3) is 0.818.